The van der Waals surface area contributed by atoms with Gasteiger partial charge in [0.2, 0.25) is 0 Å². The molecule has 3 heteroatoms. The van der Waals surface area contributed by atoms with E-state index in [2.05, 4.69) is 38.6 Å². The second-order valence-electron chi connectivity index (χ2n) is 4.79. The fraction of sp³-hybridized carbons (Fsp3) is 0.667. The zero-order valence-electron chi connectivity index (χ0n) is 9.10. The van der Waals surface area contributed by atoms with Gasteiger partial charge in [-0.25, -0.2) is 0 Å². The Hall–Kier alpha value is 0.162. The normalized spacial score (nSPS) is 37.7. The summed E-state index contributed by atoms with van der Waals surface area (Å²) in [6.45, 7) is 0. The summed E-state index contributed by atoms with van der Waals surface area (Å²) in [4.78, 5) is 0. The Bertz CT molecular complexity index is 300. The Morgan fingerprint density at radius 1 is 1.27 bits per heavy atom. The van der Waals surface area contributed by atoms with E-state index in [0.29, 0.717) is 0 Å². The Morgan fingerprint density at radius 2 is 2.13 bits per heavy atom. The molecule has 0 N–H and O–H groups in total. The van der Waals surface area contributed by atoms with E-state index in [1.54, 1.807) is 5.70 Å². The van der Waals surface area contributed by atoms with Crippen LogP contribution >= 0.6 is 0 Å². The molecule has 1 saturated heterocycles. The number of fused-ring (bicyclic) bond motifs is 3. The van der Waals surface area contributed by atoms with Crippen LogP contribution in [-0.2, 0) is 13.5 Å². The van der Waals surface area contributed by atoms with Crippen LogP contribution in [0.1, 0.15) is 32.1 Å². The molecule has 0 radical (unpaired) electrons. The van der Waals surface area contributed by atoms with E-state index in [9.17, 15) is 0 Å². The first kappa shape index (κ1) is 11.6. The van der Waals surface area contributed by atoms with Gasteiger partial charge in [0.25, 0.3) is 0 Å². The number of nitrogens with zero attached hydrogens (tertiary/aromatic N) is 1. The van der Waals surface area contributed by atoms with Gasteiger partial charge in [-0.05, 0) is 0 Å². The maximum Gasteiger partial charge on any atom is -0.813 e. The minimum absolute atomic E-state index is 0. The van der Waals surface area contributed by atoms with Crippen molar-refractivity contribution in [3.63, 3.8) is 0 Å². The predicted molar refractivity (Wildman–Crippen MR) is 68.8 cm³/mol. The molecule has 3 rings (SSSR count). The van der Waals surface area contributed by atoms with E-state index in [-0.39, 0.29) is 13.5 Å². The quantitative estimate of drug-likeness (QED) is 0.273. The van der Waals surface area contributed by atoms with Crippen molar-refractivity contribution in [2.45, 2.75) is 38.1 Å². The molecule has 0 aromatic rings. The van der Waals surface area contributed by atoms with Crippen LogP contribution in [0.15, 0.2) is 23.9 Å². The SMILES string of the molecule is [AlH+][N]1C2=CCCCC2C2C=CCCC21.[SH-]. The first-order valence-corrected chi connectivity index (χ1v) is 6.47. The molecule has 1 nitrogen and oxygen atoms in total. The molecule has 0 saturated carbocycles. The van der Waals surface area contributed by atoms with Crippen molar-refractivity contribution >= 4 is 30.0 Å². The molecule has 3 atom stereocenters. The maximum atomic E-state index is 2.60. The summed E-state index contributed by atoms with van der Waals surface area (Å²) >= 11 is 2.08. The van der Waals surface area contributed by atoms with Gasteiger partial charge in [-0.3, -0.25) is 0 Å². The number of hydrogen-bond acceptors (Lipinski definition) is 2. The zero-order valence-corrected chi connectivity index (χ0v) is 11.4. The molecule has 2 aliphatic carbocycles. The van der Waals surface area contributed by atoms with Crippen LogP contribution in [0.5, 0.6) is 0 Å². The van der Waals surface area contributed by atoms with Gasteiger partial charge < -0.3 is 13.5 Å². The minimum Gasteiger partial charge on any atom is -0.813 e. The zero-order chi connectivity index (χ0) is 9.54. The van der Waals surface area contributed by atoms with Gasteiger partial charge in [0, 0.05) is 0 Å². The first-order chi connectivity index (χ1) is 6.88. The van der Waals surface area contributed by atoms with E-state index < -0.39 is 0 Å². The largest absolute Gasteiger partial charge is 0.813 e. The van der Waals surface area contributed by atoms with E-state index in [1.165, 1.54) is 32.1 Å². The topological polar surface area (TPSA) is 3.24 Å². The minimum atomic E-state index is 0. The molecule has 0 aromatic carbocycles. The fourth-order valence-corrected chi connectivity index (χ4v) is 4.19. The molecule has 80 valence electrons. The third kappa shape index (κ3) is 1.80. The second kappa shape index (κ2) is 4.57. The van der Waals surface area contributed by atoms with Crippen LogP contribution in [0.25, 0.3) is 0 Å². The molecule has 0 aromatic heterocycles. The van der Waals surface area contributed by atoms with Gasteiger partial charge in [-0.15, -0.1) is 0 Å². The average molecular weight is 235 g/mol. The Morgan fingerprint density at radius 3 is 3.00 bits per heavy atom. The van der Waals surface area contributed by atoms with Crippen LogP contribution in [0, 0.1) is 11.8 Å². The number of hydrogen-bond donors (Lipinski definition) is 0. The first-order valence-electron chi connectivity index (χ1n) is 5.84. The summed E-state index contributed by atoms with van der Waals surface area (Å²) < 4.78 is 2.60. The van der Waals surface area contributed by atoms with Crippen molar-refractivity contribution in [3.05, 3.63) is 23.9 Å². The average Bonchev–Trinajstić information content (AvgIpc) is 2.55. The Balaban J connectivity index is 0.000000853. The predicted octanol–water partition coefficient (Wildman–Crippen LogP) is 1.87. The van der Waals surface area contributed by atoms with Gasteiger partial charge in [0.1, 0.15) is 0 Å². The van der Waals surface area contributed by atoms with E-state index in [1.807, 2.05) is 0 Å². The number of rotatable bonds is 0. The summed E-state index contributed by atoms with van der Waals surface area (Å²) in [5, 5.41) is 0. The van der Waals surface area contributed by atoms with Crippen molar-refractivity contribution in [2.75, 3.05) is 0 Å². The summed E-state index contributed by atoms with van der Waals surface area (Å²) in [6, 6.07) is 0.827. The summed E-state index contributed by atoms with van der Waals surface area (Å²) in [7, 11) is 0. The Labute approximate surface area is 108 Å². The molecule has 15 heavy (non-hydrogen) atoms. The van der Waals surface area contributed by atoms with Crippen LogP contribution < -0.4 is 0 Å². The standard InChI is InChI=1S/C12H16N.Al.H2S.H/c1-3-7-11-9(5-1)10-6-2-4-8-12(10)13-11;;;/h1,5,8-11H,2-4,6-7H2;;1H2;/q-1;+2;;/p-1. The monoisotopic (exact) mass is 235 g/mol. The summed E-state index contributed by atoms with van der Waals surface area (Å²) in [5.41, 5.74) is 1.66. The molecule has 3 aliphatic rings. The van der Waals surface area contributed by atoms with Crippen molar-refractivity contribution in [3.8, 4) is 0 Å². The molecule has 1 heterocycles. The van der Waals surface area contributed by atoms with Crippen molar-refractivity contribution in [2.24, 2.45) is 11.8 Å². The van der Waals surface area contributed by atoms with Crippen LogP contribution in [-0.4, -0.2) is 26.4 Å². The van der Waals surface area contributed by atoms with E-state index >= 15 is 0 Å². The van der Waals surface area contributed by atoms with Crippen LogP contribution in [0.3, 0.4) is 0 Å². The van der Waals surface area contributed by atoms with Gasteiger partial charge in [-0.1, -0.05) is 0 Å². The van der Waals surface area contributed by atoms with Gasteiger partial charge >= 0.3 is 94.3 Å². The molecule has 1 fully saturated rings. The third-order valence-electron chi connectivity index (χ3n) is 4.08. The van der Waals surface area contributed by atoms with Crippen molar-refractivity contribution < 1.29 is 0 Å². The van der Waals surface area contributed by atoms with Crippen LogP contribution in [0.4, 0.5) is 0 Å². The van der Waals surface area contributed by atoms with Crippen molar-refractivity contribution in [1.29, 1.82) is 0 Å². The molecule has 3 unspecified atom stereocenters. The second-order valence-corrected chi connectivity index (χ2v) is 5.47. The summed E-state index contributed by atoms with van der Waals surface area (Å²) in [5.74, 6) is 1.70. The molecule has 1 aliphatic heterocycles. The smallest absolute Gasteiger partial charge is 0.813 e. The molecule has 0 amide bonds. The fourth-order valence-electron chi connectivity index (χ4n) is 3.41. The van der Waals surface area contributed by atoms with E-state index in [4.69, 9.17) is 0 Å². The van der Waals surface area contributed by atoms with Crippen molar-refractivity contribution in [1.82, 2.24) is 3.88 Å². The van der Waals surface area contributed by atoms with Crippen LogP contribution in [0.2, 0.25) is 0 Å². The molecule has 0 spiro atoms. The molecular formula is C12H18AlNS. The number of thiol groups is 1. The van der Waals surface area contributed by atoms with E-state index in [0.717, 1.165) is 17.9 Å². The van der Waals surface area contributed by atoms with Gasteiger partial charge in [0.15, 0.2) is 0 Å². The number of allylic oxidation sites excluding steroid dienone is 3. The molecular weight excluding hydrogens is 217 g/mol. The molecule has 0 bridgehead atoms. The van der Waals surface area contributed by atoms with Gasteiger partial charge in [0.05, 0.1) is 0 Å². The summed E-state index contributed by atoms with van der Waals surface area (Å²) in [6.07, 6.45) is 14.2. The Kier molecular flexibility index (Phi) is 3.55. The third-order valence-corrected chi connectivity index (χ3v) is 4.92. The van der Waals surface area contributed by atoms with Gasteiger partial charge in [-0.2, -0.15) is 0 Å². The maximum absolute atomic E-state index is 2.60.